The van der Waals surface area contributed by atoms with E-state index in [4.69, 9.17) is 11.6 Å². The first kappa shape index (κ1) is 14.4. The van der Waals surface area contributed by atoms with Gasteiger partial charge < -0.3 is 0 Å². The van der Waals surface area contributed by atoms with Gasteiger partial charge in [0.05, 0.1) is 5.02 Å². The van der Waals surface area contributed by atoms with Gasteiger partial charge in [0.25, 0.3) is 0 Å². The van der Waals surface area contributed by atoms with Crippen LogP contribution in [0.1, 0.15) is 26.3 Å². The van der Waals surface area contributed by atoms with Gasteiger partial charge in [-0.25, -0.2) is 9.37 Å². The highest BCUT2D eigenvalue weighted by Gasteiger charge is 2.13. The predicted octanol–water partition coefficient (Wildman–Crippen LogP) is 5.32. The molecule has 0 unspecified atom stereocenters. The minimum atomic E-state index is -0.391. The zero-order chi connectivity index (χ0) is 14.0. The molecule has 0 N–H and O–H groups in total. The van der Waals surface area contributed by atoms with Crippen molar-refractivity contribution in [3.63, 3.8) is 0 Å². The number of rotatable bonds is 2. The lowest BCUT2D eigenvalue weighted by molar-refractivity contribution is 0.587. The Balaban J connectivity index is 2.20. The molecule has 0 aliphatic rings. The van der Waals surface area contributed by atoms with E-state index < -0.39 is 5.82 Å². The first-order chi connectivity index (χ1) is 8.86. The Morgan fingerprint density at radius 3 is 2.32 bits per heavy atom. The minimum absolute atomic E-state index is 0.118. The number of nitrogens with zero attached hydrogens (tertiary/aromatic N) is 1. The lowest BCUT2D eigenvalue weighted by Crippen LogP contribution is -2.10. The van der Waals surface area contributed by atoms with Gasteiger partial charge >= 0.3 is 0 Å². The summed E-state index contributed by atoms with van der Waals surface area (Å²) in [6, 6.07) is 9.38. The highest BCUT2D eigenvalue weighted by Crippen LogP contribution is 2.31. The molecule has 0 atom stereocenters. The van der Waals surface area contributed by atoms with Crippen molar-refractivity contribution in [3.05, 3.63) is 52.9 Å². The van der Waals surface area contributed by atoms with Crippen LogP contribution in [0, 0.1) is 5.82 Å². The highest BCUT2D eigenvalue weighted by atomic mass is 35.5. The van der Waals surface area contributed by atoms with Crippen molar-refractivity contribution in [2.24, 2.45) is 0 Å². The number of pyridine rings is 1. The van der Waals surface area contributed by atoms with E-state index in [1.165, 1.54) is 29.6 Å². The SMILES string of the molecule is CC(C)(C)c1ccc(Sc2ncc(Cl)cc2F)cc1. The number of aromatic nitrogens is 1. The summed E-state index contributed by atoms with van der Waals surface area (Å²) >= 11 is 6.98. The van der Waals surface area contributed by atoms with Gasteiger partial charge in [0.2, 0.25) is 0 Å². The van der Waals surface area contributed by atoms with Crippen LogP contribution in [0.3, 0.4) is 0 Å². The molecule has 0 fully saturated rings. The van der Waals surface area contributed by atoms with Crippen LogP contribution in [-0.4, -0.2) is 4.98 Å². The fourth-order valence-electron chi connectivity index (χ4n) is 1.61. The first-order valence-electron chi connectivity index (χ1n) is 5.96. The Bertz CT molecular complexity index is 576. The van der Waals surface area contributed by atoms with Gasteiger partial charge in [0.15, 0.2) is 5.82 Å². The maximum atomic E-state index is 13.6. The van der Waals surface area contributed by atoms with Crippen LogP contribution in [0.25, 0.3) is 0 Å². The molecule has 0 spiro atoms. The molecule has 1 aromatic carbocycles. The molecule has 2 rings (SSSR count). The fraction of sp³-hybridized carbons (Fsp3) is 0.267. The molecule has 0 radical (unpaired) electrons. The van der Waals surface area contributed by atoms with Crippen LogP contribution in [0.2, 0.25) is 5.02 Å². The number of hydrogen-bond donors (Lipinski definition) is 0. The average Bonchev–Trinajstić information content (AvgIpc) is 2.32. The second-order valence-corrected chi connectivity index (χ2v) is 6.82. The van der Waals surface area contributed by atoms with E-state index in [-0.39, 0.29) is 5.41 Å². The Morgan fingerprint density at radius 2 is 1.79 bits per heavy atom. The highest BCUT2D eigenvalue weighted by molar-refractivity contribution is 7.99. The van der Waals surface area contributed by atoms with Crippen molar-refractivity contribution in [2.45, 2.75) is 36.1 Å². The largest absolute Gasteiger partial charge is 0.245 e. The van der Waals surface area contributed by atoms with Crippen molar-refractivity contribution < 1.29 is 4.39 Å². The lowest BCUT2D eigenvalue weighted by atomic mass is 9.87. The molecule has 2 aromatic rings. The van der Waals surface area contributed by atoms with Crippen molar-refractivity contribution in [2.75, 3.05) is 0 Å². The molecule has 1 nitrogen and oxygen atoms in total. The van der Waals surface area contributed by atoms with Gasteiger partial charge in [-0.05, 0) is 29.2 Å². The smallest absolute Gasteiger partial charge is 0.157 e. The molecule has 19 heavy (non-hydrogen) atoms. The molecule has 4 heteroatoms. The standard InChI is InChI=1S/C15H15ClFNS/c1-15(2,3)10-4-6-12(7-5-10)19-14-13(17)8-11(16)9-18-14/h4-9H,1-3H3. The topological polar surface area (TPSA) is 12.9 Å². The maximum absolute atomic E-state index is 13.6. The van der Waals surface area contributed by atoms with Gasteiger partial charge in [0.1, 0.15) is 5.03 Å². The molecular weight excluding hydrogens is 281 g/mol. The third-order valence-corrected chi connectivity index (χ3v) is 3.92. The summed E-state index contributed by atoms with van der Waals surface area (Å²) in [5.74, 6) is -0.391. The van der Waals surface area contributed by atoms with E-state index in [1.54, 1.807) is 0 Å². The monoisotopic (exact) mass is 295 g/mol. The molecule has 1 heterocycles. The number of hydrogen-bond acceptors (Lipinski definition) is 2. The average molecular weight is 296 g/mol. The Hall–Kier alpha value is -1.06. The van der Waals surface area contributed by atoms with Crippen LogP contribution in [0.15, 0.2) is 46.5 Å². The van der Waals surface area contributed by atoms with Crippen molar-refractivity contribution in [1.29, 1.82) is 0 Å². The van der Waals surface area contributed by atoms with Crippen LogP contribution < -0.4 is 0 Å². The predicted molar refractivity (Wildman–Crippen MR) is 78.5 cm³/mol. The van der Waals surface area contributed by atoms with Crippen LogP contribution >= 0.6 is 23.4 Å². The lowest BCUT2D eigenvalue weighted by Gasteiger charge is -2.19. The zero-order valence-electron chi connectivity index (χ0n) is 11.1. The summed E-state index contributed by atoms with van der Waals surface area (Å²) in [6.07, 6.45) is 1.45. The summed E-state index contributed by atoms with van der Waals surface area (Å²) in [4.78, 5) is 4.96. The third-order valence-electron chi connectivity index (χ3n) is 2.71. The molecular formula is C15H15ClFNS. The summed E-state index contributed by atoms with van der Waals surface area (Å²) < 4.78 is 13.6. The van der Waals surface area contributed by atoms with E-state index in [0.717, 1.165) is 4.90 Å². The van der Waals surface area contributed by atoms with Crippen molar-refractivity contribution in [3.8, 4) is 0 Å². The molecule has 0 saturated heterocycles. The van der Waals surface area contributed by atoms with E-state index >= 15 is 0 Å². The summed E-state index contributed by atoms with van der Waals surface area (Å²) in [5.41, 5.74) is 1.37. The fourth-order valence-corrected chi connectivity index (χ4v) is 2.51. The zero-order valence-corrected chi connectivity index (χ0v) is 12.6. The number of benzene rings is 1. The van der Waals surface area contributed by atoms with E-state index in [0.29, 0.717) is 10.0 Å². The van der Waals surface area contributed by atoms with E-state index in [1.807, 2.05) is 12.1 Å². The molecule has 0 aliphatic heterocycles. The van der Waals surface area contributed by atoms with Crippen molar-refractivity contribution >= 4 is 23.4 Å². The van der Waals surface area contributed by atoms with Gasteiger partial charge in [-0.3, -0.25) is 0 Å². The minimum Gasteiger partial charge on any atom is -0.245 e. The van der Waals surface area contributed by atoms with Crippen molar-refractivity contribution in [1.82, 2.24) is 4.98 Å². The summed E-state index contributed by atoms with van der Waals surface area (Å²) in [7, 11) is 0. The summed E-state index contributed by atoms with van der Waals surface area (Å²) in [6.45, 7) is 6.49. The maximum Gasteiger partial charge on any atom is 0.157 e. The van der Waals surface area contributed by atoms with E-state index in [9.17, 15) is 4.39 Å². The Labute approximate surface area is 122 Å². The van der Waals surface area contributed by atoms with Crippen LogP contribution in [0.4, 0.5) is 4.39 Å². The molecule has 0 saturated carbocycles. The normalized spacial score (nSPS) is 11.6. The van der Waals surface area contributed by atoms with Gasteiger partial charge in [0, 0.05) is 11.1 Å². The quantitative estimate of drug-likeness (QED) is 0.743. The number of halogens is 2. The Morgan fingerprint density at radius 1 is 1.16 bits per heavy atom. The van der Waals surface area contributed by atoms with Gasteiger partial charge in [-0.1, -0.05) is 56.3 Å². The molecule has 0 aliphatic carbocycles. The summed E-state index contributed by atoms with van der Waals surface area (Å²) in [5, 5.41) is 0.651. The van der Waals surface area contributed by atoms with Gasteiger partial charge in [-0.15, -0.1) is 0 Å². The van der Waals surface area contributed by atoms with E-state index in [2.05, 4.69) is 37.9 Å². The molecule has 0 bridgehead atoms. The Kier molecular flexibility index (Phi) is 4.16. The van der Waals surface area contributed by atoms with Crippen LogP contribution in [-0.2, 0) is 5.41 Å². The third kappa shape index (κ3) is 3.71. The molecule has 0 amide bonds. The van der Waals surface area contributed by atoms with Gasteiger partial charge in [-0.2, -0.15) is 0 Å². The molecule has 100 valence electrons. The molecule has 1 aromatic heterocycles. The first-order valence-corrected chi connectivity index (χ1v) is 7.15. The second kappa shape index (κ2) is 5.51. The second-order valence-electron chi connectivity index (χ2n) is 5.32. The van der Waals surface area contributed by atoms with Crippen LogP contribution in [0.5, 0.6) is 0 Å².